The Morgan fingerprint density at radius 1 is 1.33 bits per heavy atom. The molecule has 1 atom stereocenters. The standard InChI is InChI=1S/C16H16F3N3OS/c1-8(2)22-14-12(15(23)21-22)13(24-9(3)20-14)10-5-4-6-11(7-10)16(17,18)19/h4-8,13H,1-3H3,(H,21,23)/t13-/m0/s1. The molecule has 0 unspecified atom stereocenters. The Morgan fingerprint density at radius 2 is 2.04 bits per heavy atom. The molecule has 0 saturated heterocycles. The number of alkyl halides is 3. The first-order valence-corrected chi connectivity index (χ1v) is 8.30. The van der Waals surface area contributed by atoms with Crippen LogP contribution in [0.1, 0.15) is 48.8 Å². The lowest BCUT2D eigenvalue weighted by Gasteiger charge is -2.22. The van der Waals surface area contributed by atoms with Crippen LogP contribution in [-0.2, 0) is 6.18 Å². The van der Waals surface area contributed by atoms with Gasteiger partial charge in [0.25, 0.3) is 5.56 Å². The lowest BCUT2D eigenvalue weighted by atomic mass is 10.0. The van der Waals surface area contributed by atoms with Crippen LogP contribution < -0.4 is 5.56 Å². The maximum Gasteiger partial charge on any atom is 0.416 e. The molecule has 0 amide bonds. The van der Waals surface area contributed by atoms with E-state index in [-0.39, 0.29) is 11.6 Å². The molecule has 2 aromatic rings. The van der Waals surface area contributed by atoms with Gasteiger partial charge in [0, 0.05) is 6.04 Å². The molecule has 1 aliphatic rings. The maximum atomic E-state index is 13.0. The number of aliphatic imine (C=N–C) groups is 1. The molecule has 0 aliphatic carbocycles. The number of H-pyrrole nitrogens is 1. The average Bonchev–Trinajstić information content (AvgIpc) is 2.83. The van der Waals surface area contributed by atoms with Crippen LogP contribution in [0.25, 0.3) is 0 Å². The summed E-state index contributed by atoms with van der Waals surface area (Å²) in [7, 11) is 0. The first-order valence-electron chi connectivity index (χ1n) is 7.42. The number of thioether (sulfide) groups is 1. The highest BCUT2D eigenvalue weighted by Gasteiger charge is 2.34. The van der Waals surface area contributed by atoms with Gasteiger partial charge < -0.3 is 0 Å². The zero-order chi connectivity index (χ0) is 17.6. The molecule has 8 heteroatoms. The zero-order valence-corrected chi connectivity index (χ0v) is 14.1. The molecule has 1 N–H and O–H groups in total. The molecule has 1 aromatic heterocycles. The van der Waals surface area contributed by atoms with Gasteiger partial charge in [0.1, 0.15) is 0 Å². The number of nitrogens with zero attached hydrogens (tertiary/aromatic N) is 2. The molecule has 1 aliphatic heterocycles. The van der Waals surface area contributed by atoms with Crippen molar-refractivity contribution in [2.75, 3.05) is 0 Å². The molecule has 4 nitrogen and oxygen atoms in total. The van der Waals surface area contributed by atoms with Gasteiger partial charge in [0.2, 0.25) is 0 Å². The van der Waals surface area contributed by atoms with Crippen LogP contribution in [0.4, 0.5) is 19.0 Å². The molecule has 0 fully saturated rings. The highest BCUT2D eigenvalue weighted by atomic mass is 32.2. The van der Waals surface area contributed by atoms with Crippen molar-refractivity contribution in [1.29, 1.82) is 0 Å². The highest BCUT2D eigenvalue weighted by molar-refractivity contribution is 8.14. The number of benzene rings is 1. The topological polar surface area (TPSA) is 50.1 Å². The Hall–Kier alpha value is -1.96. The van der Waals surface area contributed by atoms with Crippen molar-refractivity contribution < 1.29 is 13.2 Å². The molecule has 2 heterocycles. The maximum absolute atomic E-state index is 13.0. The summed E-state index contributed by atoms with van der Waals surface area (Å²) in [4.78, 5) is 16.8. The molecule has 128 valence electrons. The van der Waals surface area contributed by atoms with Crippen molar-refractivity contribution >= 4 is 22.6 Å². The first kappa shape index (κ1) is 16.9. The third-order valence-electron chi connectivity index (χ3n) is 3.78. The third kappa shape index (κ3) is 2.90. The van der Waals surface area contributed by atoms with Gasteiger partial charge in [-0.2, -0.15) is 13.2 Å². The average molecular weight is 355 g/mol. The fraction of sp³-hybridized carbons (Fsp3) is 0.375. The van der Waals surface area contributed by atoms with Crippen LogP contribution in [0.2, 0.25) is 0 Å². The Kier molecular flexibility index (Phi) is 4.11. The SMILES string of the molecule is CC1=Nc2c(c(=O)[nH]n2C(C)C)[C@H](c2cccc(C(F)(F)F)c2)S1. The van der Waals surface area contributed by atoms with Gasteiger partial charge in [0.05, 0.1) is 21.4 Å². The van der Waals surface area contributed by atoms with E-state index in [0.717, 1.165) is 12.1 Å². The van der Waals surface area contributed by atoms with E-state index in [9.17, 15) is 18.0 Å². The Labute approximate surface area is 140 Å². The molecule has 0 bridgehead atoms. The van der Waals surface area contributed by atoms with E-state index >= 15 is 0 Å². The van der Waals surface area contributed by atoms with Crippen LogP contribution in [-0.4, -0.2) is 14.8 Å². The second-order valence-corrected chi connectivity index (χ2v) is 7.19. The Balaban J connectivity index is 2.16. The lowest BCUT2D eigenvalue weighted by molar-refractivity contribution is -0.137. The van der Waals surface area contributed by atoms with Crippen LogP contribution >= 0.6 is 11.8 Å². The van der Waals surface area contributed by atoms with Crippen molar-refractivity contribution in [3.63, 3.8) is 0 Å². The fourth-order valence-corrected chi connectivity index (χ4v) is 3.79. The normalized spacial score (nSPS) is 17.8. The minimum atomic E-state index is -4.42. The Bertz CT molecular complexity index is 864. The lowest BCUT2D eigenvalue weighted by Crippen LogP contribution is -2.14. The number of aromatic nitrogens is 2. The van der Waals surface area contributed by atoms with Gasteiger partial charge in [-0.1, -0.05) is 30.0 Å². The molecule has 24 heavy (non-hydrogen) atoms. The van der Waals surface area contributed by atoms with E-state index in [1.165, 1.54) is 17.8 Å². The number of halogens is 3. The largest absolute Gasteiger partial charge is 0.416 e. The first-order chi connectivity index (χ1) is 11.2. The summed E-state index contributed by atoms with van der Waals surface area (Å²) in [6, 6.07) is 5.10. The third-order valence-corrected chi connectivity index (χ3v) is 4.96. The quantitative estimate of drug-likeness (QED) is 0.852. The van der Waals surface area contributed by atoms with E-state index in [2.05, 4.69) is 10.1 Å². The van der Waals surface area contributed by atoms with E-state index in [1.807, 2.05) is 13.8 Å². The number of hydrogen-bond donors (Lipinski definition) is 1. The van der Waals surface area contributed by atoms with Gasteiger partial charge in [-0.3, -0.25) is 14.6 Å². The summed E-state index contributed by atoms with van der Waals surface area (Å²) in [5, 5.41) is 2.93. The van der Waals surface area contributed by atoms with E-state index < -0.39 is 17.0 Å². The van der Waals surface area contributed by atoms with Crippen LogP contribution in [0.3, 0.4) is 0 Å². The van der Waals surface area contributed by atoms with Crippen LogP contribution in [0.5, 0.6) is 0 Å². The minimum Gasteiger partial charge on any atom is -0.268 e. The summed E-state index contributed by atoms with van der Waals surface area (Å²) < 4.78 is 40.6. The summed E-state index contributed by atoms with van der Waals surface area (Å²) in [5.41, 5.74) is -0.192. The molecular formula is C16H16F3N3OS. The molecular weight excluding hydrogens is 339 g/mol. The second kappa shape index (κ2) is 5.84. The van der Waals surface area contributed by atoms with E-state index in [4.69, 9.17) is 0 Å². The Morgan fingerprint density at radius 3 is 2.67 bits per heavy atom. The smallest absolute Gasteiger partial charge is 0.268 e. The summed E-state index contributed by atoms with van der Waals surface area (Å²) in [5.74, 6) is 0.494. The second-order valence-electron chi connectivity index (χ2n) is 5.89. The van der Waals surface area contributed by atoms with Gasteiger partial charge in [-0.25, -0.2) is 4.99 Å². The molecule has 1 aromatic carbocycles. The van der Waals surface area contributed by atoms with Crippen molar-refractivity contribution in [3.8, 4) is 0 Å². The predicted molar refractivity (Wildman–Crippen MR) is 89.1 cm³/mol. The zero-order valence-electron chi connectivity index (χ0n) is 13.3. The van der Waals surface area contributed by atoms with Gasteiger partial charge in [-0.15, -0.1) is 0 Å². The fourth-order valence-electron chi connectivity index (χ4n) is 2.70. The van der Waals surface area contributed by atoms with Crippen molar-refractivity contribution in [3.05, 3.63) is 51.3 Å². The molecule has 0 radical (unpaired) electrons. The van der Waals surface area contributed by atoms with Gasteiger partial charge >= 0.3 is 6.18 Å². The monoisotopic (exact) mass is 355 g/mol. The van der Waals surface area contributed by atoms with E-state index in [0.29, 0.717) is 22.0 Å². The minimum absolute atomic E-state index is 0.0109. The predicted octanol–water partition coefficient (Wildman–Crippen LogP) is 4.66. The molecule has 0 spiro atoms. The van der Waals surface area contributed by atoms with Gasteiger partial charge in [-0.05, 0) is 32.4 Å². The number of fused-ring (bicyclic) bond motifs is 1. The van der Waals surface area contributed by atoms with E-state index in [1.54, 1.807) is 17.7 Å². The van der Waals surface area contributed by atoms with Gasteiger partial charge in [0.15, 0.2) is 5.82 Å². The van der Waals surface area contributed by atoms with Crippen molar-refractivity contribution in [1.82, 2.24) is 9.78 Å². The summed E-state index contributed by atoms with van der Waals surface area (Å²) in [6.45, 7) is 5.60. The number of rotatable bonds is 2. The van der Waals surface area contributed by atoms with Crippen molar-refractivity contribution in [2.45, 2.75) is 38.2 Å². The molecule has 0 saturated carbocycles. The number of hydrogen-bond acceptors (Lipinski definition) is 3. The number of aromatic amines is 1. The summed E-state index contributed by atoms with van der Waals surface area (Å²) in [6.07, 6.45) is -4.42. The molecule has 3 rings (SSSR count). The van der Waals surface area contributed by atoms with Crippen LogP contribution in [0, 0.1) is 0 Å². The van der Waals surface area contributed by atoms with Crippen LogP contribution in [0.15, 0.2) is 34.1 Å². The van der Waals surface area contributed by atoms with Crippen molar-refractivity contribution in [2.24, 2.45) is 4.99 Å². The highest BCUT2D eigenvalue weighted by Crippen LogP contribution is 2.45. The number of nitrogens with one attached hydrogen (secondary N) is 1. The summed E-state index contributed by atoms with van der Waals surface area (Å²) >= 11 is 1.29.